The summed E-state index contributed by atoms with van der Waals surface area (Å²) >= 11 is 5.30. The Morgan fingerprint density at radius 3 is 3.00 bits per heavy atom. The van der Waals surface area contributed by atoms with E-state index in [0.29, 0.717) is 12.1 Å². The van der Waals surface area contributed by atoms with Crippen molar-refractivity contribution in [3.8, 4) is 6.07 Å². The van der Waals surface area contributed by atoms with Crippen LogP contribution in [0.4, 0.5) is 0 Å². The van der Waals surface area contributed by atoms with E-state index in [9.17, 15) is 0 Å². The molecule has 2 nitrogen and oxygen atoms in total. The van der Waals surface area contributed by atoms with Crippen molar-refractivity contribution < 1.29 is 0 Å². The highest BCUT2D eigenvalue weighted by Crippen LogP contribution is 2.03. The molecule has 0 atom stereocenters. The summed E-state index contributed by atoms with van der Waals surface area (Å²) in [6.07, 6.45) is 0. The molecule has 0 aliphatic rings. The van der Waals surface area contributed by atoms with Crippen molar-refractivity contribution >= 4 is 11.8 Å². The highest BCUT2D eigenvalue weighted by atomic mass is 35.5. The molecular weight excluding hydrogens is 160 g/mol. The third-order valence-corrected chi connectivity index (χ3v) is 1.46. The molecule has 1 N–H and O–H groups in total. The van der Waals surface area contributed by atoms with Gasteiger partial charge in [0.25, 0.3) is 0 Å². The molecule has 0 aliphatic carbocycles. The lowest BCUT2D eigenvalue weighted by Crippen LogP contribution is -1.97. The van der Waals surface area contributed by atoms with E-state index >= 15 is 0 Å². The molecule has 1 aromatic rings. The fourth-order valence-corrected chi connectivity index (χ4v) is 0.982. The van der Waals surface area contributed by atoms with E-state index in [1.165, 1.54) is 0 Å². The Morgan fingerprint density at radius 1 is 1.55 bits per heavy atom. The predicted octanol–water partition coefficient (Wildman–Crippen LogP) is 1.80. The molecule has 11 heavy (non-hydrogen) atoms. The minimum atomic E-state index is 0.580. The molecule has 3 heteroatoms. The molecule has 0 saturated carbocycles. The number of benzene rings is 1. The van der Waals surface area contributed by atoms with Crippen molar-refractivity contribution in [2.75, 3.05) is 0 Å². The van der Waals surface area contributed by atoms with E-state index in [0.717, 1.165) is 5.56 Å². The summed E-state index contributed by atoms with van der Waals surface area (Å²) in [5.41, 5.74) is 1.67. The van der Waals surface area contributed by atoms with E-state index in [2.05, 4.69) is 10.9 Å². The fourth-order valence-electron chi connectivity index (χ4n) is 0.828. The van der Waals surface area contributed by atoms with Crippen LogP contribution < -0.4 is 4.84 Å². The second-order valence-electron chi connectivity index (χ2n) is 2.12. The summed E-state index contributed by atoms with van der Waals surface area (Å²) in [6, 6.07) is 9.37. The molecule has 0 unspecified atom stereocenters. The maximum Gasteiger partial charge on any atom is 0.0991 e. The first-order valence-electron chi connectivity index (χ1n) is 3.19. The molecule has 0 fully saturated rings. The number of nitrogens with zero attached hydrogens (tertiary/aromatic N) is 1. The van der Waals surface area contributed by atoms with Gasteiger partial charge in [-0.2, -0.15) is 5.26 Å². The number of rotatable bonds is 2. The van der Waals surface area contributed by atoms with E-state index in [4.69, 9.17) is 17.0 Å². The second-order valence-corrected chi connectivity index (χ2v) is 2.39. The van der Waals surface area contributed by atoms with E-state index in [-0.39, 0.29) is 0 Å². The Morgan fingerprint density at radius 2 is 2.36 bits per heavy atom. The zero-order valence-corrected chi connectivity index (χ0v) is 6.60. The Hall–Kier alpha value is -1.04. The monoisotopic (exact) mass is 166 g/mol. The van der Waals surface area contributed by atoms with Gasteiger partial charge in [0.15, 0.2) is 0 Å². The van der Waals surface area contributed by atoms with Crippen LogP contribution in [0.1, 0.15) is 11.1 Å². The first-order chi connectivity index (χ1) is 5.36. The summed E-state index contributed by atoms with van der Waals surface area (Å²) in [5.74, 6) is 0. The maximum absolute atomic E-state index is 8.53. The van der Waals surface area contributed by atoms with Crippen molar-refractivity contribution in [3.05, 3.63) is 35.4 Å². The van der Waals surface area contributed by atoms with Gasteiger partial charge in [-0.05, 0) is 29.5 Å². The predicted molar refractivity (Wildman–Crippen MR) is 43.8 cm³/mol. The number of halogens is 1. The van der Waals surface area contributed by atoms with Gasteiger partial charge >= 0.3 is 0 Å². The fraction of sp³-hybridized carbons (Fsp3) is 0.125. The number of nitrogens with one attached hydrogen (secondary N) is 1. The van der Waals surface area contributed by atoms with E-state index < -0.39 is 0 Å². The second kappa shape index (κ2) is 3.97. The molecule has 0 amide bonds. The molecule has 0 aliphatic heterocycles. The van der Waals surface area contributed by atoms with Crippen LogP contribution >= 0.6 is 11.8 Å². The van der Waals surface area contributed by atoms with Crippen LogP contribution in [0.5, 0.6) is 0 Å². The largest absolute Gasteiger partial charge is 0.229 e. The van der Waals surface area contributed by atoms with Crippen LogP contribution in [0, 0.1) is 11.3 Å². The molecular formula is C8H7ClN2. The summed E-state index contributed by atoms with van der Waals surface area (Å²) < 4.78 is 0. The van der Waals surface area contributed by atoms with Crippen LogP contribution in [0.15, 0.2) is 24.3 Å². The average molecular weight is 167 g/mol. The zero-order chi connectivity index (χ0) is 8.10. The number of hydrogen-bond donors (Lipinski definition) is 1. The summed E-state index contributed by atoms with van der Waals surface area (Å²) in [5, 5.41) is 8.53. The van der Waals surface area contributed by atoms with Gasteiger partial charge in [-0.1, -0.05) is 12.1 Å². The van der Waals surface area contributed by atoms with Crippen LogP contribution in [0.2, 0.25) is 0 Å². The Balaban J connectivity index is 2.85. The van der Waals surface area contributed by atoms with Crippen molar-refractivity contribution in [2.45, 2.75) is 6.54 Å². The summed E-state index contributed by atoms with van der Waals surface area (Å²) in [4.78, 5) is 2.50. The third-order valence-electron chi connectivity index (χ3n) is 1.33. The van der Waals surface area contributed by atoms with Gasteiger partial charge in [0.1, 0.15) is 0 Å². The van der Waals surface area contributed by atoms with Crippen LogP contribution in [0.25, 0.3) is 0 Å². The quantitative estimate of drug-likeness (QED) is 0.681. The van der Waals surface area contributed by atoms with Gasteiger partial charge in [0.05, 0.1) is 11.6 Å². The maximum atomic E-state index is 8.53. The smallest absolute Gasteiger partial charge is 0.0991 e. The normalized spacial score (nSPS) is 9.09. The Kier molecular flexibility index (Phi) is 2.91. The summed E-state index contributed by atoms with van der Waals surface area (Å²) in [6.45, 7) is 0.580. The minimum Gasteiger partial charge on any atom is -0.229 e. The molecule has 0 bridgehead atoms. The van der Waals surface area contributed by atoms with Crippen LogP contribution in [0.3, 0.4) is 0 Å². The lowest BCUT2D eigenvalue weighted by molar-refractivity contribution is 0.963. The van der Waals surface area contributed by atoms with Crippen LogP contribution in [-0.2, 0) is 6.54 Å². The van der Waals surface area contributed by atoms with Gasteiger partial charge in [-0.3, -0.25) is 0 Å². The van der Waals surface area contributed by atoms with Gasteiger partial charge in [0, 0.05) is 6.54 Å². The topological polar surface area (TPSA) is 35.8 Å². The molecule has 0 spiro atoms. The lowest BCUT2D eigenvalue weighted by Gasteiger charge is -1.96. The van der Waals surface area contributed by atoms with Crippen molar-refractivity contribution in [1.29, 1.82) is 5.26 Å². The first-order valence-corrected chi connectivity index (χ1v) is 3.57. The Bertz CT molecular complexity index is 278. The molecule has 0 aromatic heterocycles. The first kappa shape index (κ1) is 8.06. The number of nitriles is 1. The molecule has 56 valence electrons. The van der Waals surface area contributed by atoms with Gasteiger partial charge in [0.2, 0.25) is 0 Å². The zero-order valence-electron chi connectivity index (χ0n) is 5.84. The average Bonchev–Trinajstić information content (AvgIpc) is 2.06. The van der Waals surface area contributed by atoms with E-state index in [1.807, 2.05) is 12.1 Å². The minimum absolute atomic E-state index is 0.580. The van der Waals surface area contributed by atoms with Gasteiger partial charge in [-0.15, -0.1) is 0 Å². The summed E-state index contributed by atoms with van der Waals surface area (Å²) in [7, 11) is 0. The van der Waals surface area contributed by atoms with Crippen molar-refractivity contribution in [2.24, 2.45) is 0 Å². The lowest BCUT2D eigenvalue weighted by atomic mass is 10.1. The third kappa shape index (κ3) is 2.23. The van der Waals surface area contributed by atoms with Crippen molar-refractivity contribution in [1.82, 2.24) is 4.84 Å². The van der Waals surface area contributed by atoms with Crippen molar-refractivity contribution in [3.63, 3.8) is 0 Å². The van der Waals surface area contributed by atoms with E-state index in [1.54, 1.807) is 12.1 Å². The molecule has 0 heterocycles. The molecule has 0 radical (unpaired) electrons. The molecule has 0 saturated heterocycles. The highest BCUT2D eigenvalue weighted by molar-refractivity contribution is 6.13. The number of hydrogen-bond acceptors (Lipinski definition) is 2. The standard InChI is InChI=1S/C8H7ClN2/c9-11-6-8-3-1-2-7(4-8)5-10/h1-4,11H,6H2. The highest BCUT2D eigenvalue weighted by Gasteiger charge is 1.92. The SMILES string of the molecule is N#Cc1cccc(CNCl)c1. The molecule has 1 rings (SSSR count). The van der Waals surface area contributed by atoms with Gasteiger partial charge in [-0.25, -0.2) is 4.84 Å². The van der Waals surface area contributed by atoms with Gasteiger partial charge < -0.3 is 0 Å². The molecule has 1 aromatic carbocycles. The van der Waals surface area contributed by atoms with Crippen LogP contribution in [-0.4, -0.2) is 0 Å². The Labute approximate surface area is 70.5 Å².